The second-order valence-electron chi connectivity index (χ2n) is 7.52. The molecule has 1 amide bonds. The second-order valence-corrected chi connectivity index (χ2v) is 7.52. The molecule has 0 aromatic heterocycles. The zero-order chi connectivity index (χ0) is 16.4. The smallest absolute Gasteiger partial charge is 0.411 e. The van der Waals surface area contributed by atoms with Crippen molar-refractivity contribution in [2.24, 2.45) is 11.7 Å². The van der Waals surface area contributed by atoms with Gasteiger partial charge in [0.2, 0.25) is 0 Å². The van der Waals surface area contributed by atoms with Crippen LogP contribution in [-0.4, -0.2) is 47.3 Å². The molecule has 0 aliphatic carbocycles. The molecule has 0 spiro atoms. The van der Waals surface area contributed by atoms with Crippen LogP contribution in [0.15, 0.2) is 0 Å². The Hall–Kier alpha value is -1.30. The predicted octanol–water partition coefficient (Wildman–Crippen LogP) is 1.91. The van der Waals surface area contributed by atoms with E-state index in [0.717, 1.165) is 0 Å². The summed E-state index contributed by atoms with van der Waals surface area (Å²) in [7, 11) is 0. The lowest BCUT2D eigenvalue weighted by Crippen LogP contribution is -2.45. The van der Waals surface area contributed by atoms with Crippen LogP contribution in [-0.2, 0) is 14.3 Å². The van der Waals surface area contributed by atoms with Crippen LogP contribution in [0.1, 0.15) is 48.0 Å². The quantitative estimate of drug-likeness (QED) is 0.788. The molecule has 1 rings (SSSR count). The Morgan fingerprint density at radius 3 is 2.05 bits per heavy atom. The molecular weight excluding hydrogens is 272 g/mol. The van der Waals surface area contributed by atoms with Crippen molar-refractivity contribution in [1.82, 2.24) is 4.90 Å². The highest BCUT2D eigenvalue weighted by molar-refractivity contribution is 5.82. The lowest BCUT2D eigenvalue weighted by atomic mass is 10.1. The Morgan fingerprint density at radius 2 is 1.62 bits per heavy atom. The second kappa shape index (κ2) is 6.22. The fraction of sp³-hybridized carbons (Fsp3) is 0.867. The summed E-state index contributed by atoms with van der Waals surface area (Å²) in [5.41, 5.74) is 4.50. The molecule has 21 heavy (non-hydrogen) atoms. The minimum Gasteiger partial charge on any atom is -0.458 e. The van der Waals surface area contributed by atoms with E-state index in [1.54, 1.807) is 41.5 Å². The predicted molar refractivity (Wildman–Crippen MR) is 79.7 cm³/mol. The first-order valence-corrected chi connectivity index (χ1v) is 7.35. The van der Waals surface area contributed by atoms with Crippen LogP contribution in [0.5, 0.6) is 0 Å². The minimum absolute atomic E-state index is 0.0926. The van der Waals surface area contributed by atoms with E-state index in [9.17, 15) is 9.59 Å². The number of hydrogen-bond donors (Lipinski definition) is 1. The lowest BCUT2D eigenvalue weighted by molar-refractivity contribution is -0.160. The van der Waals surface area contributed by atoms with Gasteiger partial charge in [0.05, 0.1) is 0 Å². The molecule has 0 saturated carbocycles. The van der Waals surface area contributed by atoms with Crippen LogP contribution < -0.4 is 5.73 Å². The standard InChI is InChI=1S/C15H28N2O4/c1-14(2,3)20-12(18)11-7-10(8-16)9-17(11)13(19)21-15(4,5)6/h10-11H,7-9,16H2,1-6H3/t10-,11-/m1/s1. The van der Waals surface area contributed by atoms with E-state index in [4.69, 9.17) is 15.2 Å². The van der Waals surface area contributed by atoms with Crippen molar-refractivity contribution in [1.29, 1.82) is 0 Å². The average Bonchev–Trinajstić information content (AvgIpc) is 2.68. The highest BCUT2D eigenvalue weighted by atomic mass is 16.6. The Kier molecular flexibility index (Phi) is 5.25. The van der Waals surface area contributed by atoms with Crippen LogP contribution >= 0.6 is 0 Å². The summed E-state index contributed by atoms with van der Waals surface area (Å²) in [4.78, 5) is 26.0. The Labute approximate surface area is 126 Å². The van der Waals surface area contributed by atoms with E-state index in [2.05, 4.69) is 0 Å². The van der Waals surface area contributed by atoms with E-state index >= 15 is 0 Å². The topological polar surface area (TPSA) is 81.9 Å². The lowest BCUT2D eigenvalue weighted by Gasteiger charge is -2.29. The molecule has 0 aromatic rings. The number of hydrogen-bond acceptors (Lipinski definition) is 5. The monoisotopic (exact) mass is 300 g/mol. The molecule has 122 valence electrons. The number of esters is 1. The third kappa shape index (κ3) is 5.53. The molecule has 1 aliphatic heterocycles. The van der Waals surface area contributed by atoms with Gasteiger partial charge in [-0.25, -0.2) is 9.59 Å². The van der Waals surface area contributed by atoms with Gasteiger partial charge in [0.15, 0.2) is 0 Å². The summed E-state index contributed by atoms with van der Waals surface area (Å²) in [6.07, 6.45) is 0.0271. The van der Waals surface area contributed by atoms with Crippen LogP contribution in [0.2, 0.25) is 0 Å². The van der Waals surface area contributed by atoms with Gasteiger partial charge in [0.1, 0.15) is 17.2 Å². The molecule has 1 heterocycles. The summed E-state index contributed by atoms with van der Waals surface area (Å²) < 4.78 is 10.8. The Balaban J connectivity index is 2.83. The summed E-state index contributed by atoms with van der Waals surface area (Å²) in [5, 5.41) is 0. The van der Waals surface area contributed by atoms with Crippen molar-refractivity contribution >= 4 is 12.1 Å². The number of nitrogens with two attached hydrogens (primary N) is 1. The van der Waals surface area contributed by atoms with Crippen LogP contribution in [0.4, 0.5) is 4.79 Å². The number of ether oxygens (including phenoxy) is 2. The van der Waals surface area contributed by atoms with Crippen LogP contribution in [0.25, 0.3) is 0 Å². The van der Waals surface area contributed by atoms with Gasteiger partial charge >= 0.3 is 12.1 Å². The number of likely N-dealkylation sites (tertiary alicyclic amines) is 1. The van der Waals surface area contributed by atoms with E-state index in [1.807, 2.05) is 0 Å². The molecule has 1 fully saturated rings. The number of nitrogens with zero attached hydrogens (tertiary/aromatic N) is 1. The van der Waals surface area contributed by atoms with Gasteiger partial charge < -0.3 is 15.2 Å². The Bertz CT molecular complexity index is 359. The number of carbonyl (C=O) groups is 2. The van der Waals surface area contributed by atoms with Crippen LogP contribution in [0, 0.1) is 5.92 Å². The van der Waals surface area contributed by atoms with E-state index in [0.29, 0.717) is 19.5 Å². The molecule has 2 N–H and O–H groups in total. The Morgan fingerprint density at radius 1 is 1.10 bits per heavy atom. The van der Waals surface area contributed by atoms with Crippen LogP contribution in [0.3, 0.4) is 0 Å². The first-order valence-electron chi connectivity index (χ1n) is 7.35. The third-order valence-electron chi connectivity index (χ3n) is 3.03. The molecule has 2 atom stereocenters. The van der Waals surface area contributed by atoms with Crippen molar-refractivity contribution in [3.63, 3.8) is 0 Å². The van der Waals surface area contributed by atoms with Crippen molar-refractivity contribution in [2.75, 3.05) is 13.1 Å². The maximum atomic E-state index is 12.3. The van der Waals surface area contributed by atoms with Crippen molar-refractivity contribution in [3.05, 3.63) is 0 Å². The molecule has 6 heteroatoms. The average molecular weight is 300 g/mol. The van der Waals surface area contributed by atoms with Gasteiger partial charge in [-0.2, -0.15) is 0 Å². The molecule has 0 aromatic carbocycles. The molecule has 1 aliphatic rings. The van der Waals surface area contributed by atoms with Gasteiger partial charge in [-0.05, 0) is 60.4 Å². The largest absolute Gasteiger partial charge is 0.458 e. The van der Waals surface area contributed by atoms with Gasteiger partial charge in [-0.15, -0.1) is 0 Å². The first-order chi connectivity index (χ1) is 9.43. The number of amides is 1. The van der Waals surface area contributed by atoms with Crippen molar-refractivity contribution < 1.29 is 19.1 Å². The maximum absolute atomic E-state index is 12.3. The van der Waals surface area contributed by atoms with Gasteiger partial charge in [0.25, 0.3) is 0 Å². The highest BCUT2D eigenvalue weighted by Gasteiger charge is 2.42. The van der Waals surface area contributed by atoms with E-state index in [1.165, 1.54) is 4.90 Å². The van der Waals surface area contributed by atoms with Crippen molar-refractivity contribution in [2.45, 2.75) is 65.2 Å². The maximum Gasteiger partial charge on any atom is 0.411 e. The zero-order valence-electron chi connectivity index (χ0n) is 13.9. The zero-order valence-corrected chi connectivity index (χ0v) is 13.9. The molecule has 6 nitrogen and oxygen atoms in total. The summed E-state index contributed by atoms with van der Waals surface area (Å²) in [6.45, 7) is 11.7. The third-order valence-corrected chi connectivity index (χ3v) is 3.03. The van der Waals surface area contributed by atoms with E-state index < -0.39 is 29.3 Å². The number of rotatable bonds is 2. The SMILES string of the molecule is CC(C)(C)OC(=O)[C@H]1C[C@H](CN)CN1C(=O)OC(C)(C)C. The summed E-state index contributed by atoms with van der Waals surface area (Å²) >= 11 is 0. The fourth-order valence-corrected chi connectivity index (χ4v) is 2.21. The summed E-state index contributed by atoms with van der Waals surface area (Å²) in [6, 6.07) is -0.618. The van der Waals surface area contributed by atoms with Gasteiger partial charge in [-0.3, -0.25) is 4.90 Å². The van der Waals surface area contributed by atoms with Gasteiger partial charge in [-0.1, -0.05) is 0 Å². The number of carbonyl (C=O) groups excluding carboxylic acids is 2. The molecule has 1 saturated heterocycles. The fourth-order valence-electron chi connectivity index (χ4n) is 2.21. The summed E-state index contributed by atoms with van der Waals surface area (Å²) in [5.74, 6) is -0.306. The minimum atomic E-state index is -0.618. The van der Waals surface area contributed by atoms with E-state index in [-0.39, 0.29) is 5.92 Å². The molecule has 0 bridgehead atoms. The molecule has 0 unspecified atom stereocenters. The normalized spacial score (nSPS) is 23.1. The van der Waals surface area contributed by atoms with Crippen molar-refractivity contribution in [3.8, 4) is 0 Å². The first kappa shape index (κ1) is 17.8. The molecule has 0 radical (unpaired) electrons. The van der Waals surface area contributed by atoms with Gasteiger partial charge in [0, 0.05) is 6.54 Å². The molecular formula is C15H28N2O4. The highest BCUT2D eigenvalue weighted by Crippen LogP contribution is 2.27.